The van der Waals surface area contributed by atoms with Crippen LogP contribution in [0.5, 0.6) is 11.5 Å². The Balaban J connectivity index is 0.967. The molecule has 0 unspecified atom stereocenters. The van der Waals surface area contributed by atoms with E-state index in [1.807, 2.05) is 18.3 Å². The number of furan rings is 1. The average Bonchev–Trinajstić information content (AvgIpc) is 4.03. The van der Waals surface area contributed by atoms with Crippen molar-refractivity contribution in [3.63, 3.8) is 0 Å². The Labute approximate surface area is 397 Å². The van der Waals surface area contributed by atoms with Crippen LogP contribution in [0.2, 0.25) is 0 Å². The topological polar surface area (TPSA) is 46.7 Å². The fraction of sp³-hybridized carbons (Fsp3) is 0.145. The lowest BCUT2D eigenvalue weighted by Crippen LogP contribution is -2.25. The summed E-state index contributed by atoms with van der Waals surface area (Å²) >= 11 is 0. The first kappa shape index (κ1) is 41.3. The molecule has 0 radical (unpaired) electrons. The van der Waals surface area contributed by atoms with Gasteiger partial charge in [-0.15, -0.1) is 0 Å². The second-order valence-corrected chi connectivity index (χ2v) is 20.1. The Hall–Kier alpha value is -8.09. The van der Waals surface area contributed by atoms with Crippen molar-refractivity contribution in [2.45, 2.75) is 52.4 Å². The van der Waals surface area contributed by atoms with E-state index in [2.05, 4.69) is 232 Å². The summed E-state index contributed by atoms with van der Waals surface area (Å²) in [6.45, 7) is 14.2. The number of hydrogen-bond donors (Lipinski definition) is 0. The predicted octanol–water partition coefficient (Wildman–Crippen LogP) is 17.0. The molecule has 3 aromatic heterocycles. The van der Waals surface area contributed by atoms with Gasteiger partial charge in [-0.05, 0) is 111 Å². The summed E-state index contributed by atoms with van der Waals surface area (Å²) in [5, 5.41) is 4.38. The molecule has 0 fully saturated rings. The van der Waals surface area contributed by atoms with Crippen LogP contribution in [0.4, 0.5) is 22.7 Å². The van der Waals surface area contributed by atoms with E-state index in [1.165, 1.54) is 39.1 Å². The lowest BCUT2D eigenvalue weighted by atomic mass is 9.82. The molecule has 12 rings (SSSR count). The van der Waals surface area contributed by atoms with Gasteiger partial charge in [0.1, 0.15) is 35.1 Å². The van der Waals surface area contributed by atoms with Gasteiger partial charge >= 0.3 is 0 Å². The smallest absolute Gasteiger partial charge is 0.161 e. The van der Waals surface area contributed by atoms with Gasteiger partial charge in [-0.1, -0.05) is 151 Å². The minimum atomic E-state index is -0.0671. The largest absolute Gasteiger partial charge is 0.457 e. The van der Waals surface area contributed by atoms with E-state index in [9.17, 15) is 0 Å². The number of anilines is 4. The molecule has 68 heavy (non-hydrogen) atoms. The van der Waals surface area contributed by atoms with Gasteiger partial charge in [-0.2, -0.15) is 0 Å². The normalized spacial score (nSPS) is 13.0. The summed E-state index contributed by atoms with van der Waals surface area (Å²) in [4.78, 5) is 9.90. The highest BCUT2D eigenvalue weighted by atomic mass is 16.5. The van der Waals surface area contributed by atoms with E-state index in [4.69, 9.17) is 14.1 Å². The van der Waals surface area contributed by atoms with Crippen molar-refractivity contribution in [3.05, 3.63) is 205 Å². The molecule has 0 bridgehead atoms. The zero-order valence-electron chi connectivity index (χ0n) is 39.3. The molecule has 0 N–H and O–H groups in total. The minimum Gasteiger partial charge on any atom is -0.457 e. The van der Waals surface area contributed by atoms with E-state index in [-0.39, 0.29) is 10.8 Å². The molecule has 0 aliphatic carbocycles. The van der Waals surface area contributed by atoms with Crippen LogP contribution >= 0.6 is 0 Å². The number of hydrogen-bond acceptors (Lipinski definition) is 5. The van der Waals surface area contributed by atoms with Crippen LogP contribution in [-0.2, 0) is 10.8 Å². The number of nitrogens with zero attached hydrogens (tertiary/aromatic N) is 4. The molecule has 0 amide bonds. The predicted molar refractivity (Wildman–Crippen MR) is 283 cm³/mol. The van der Waals surface area contributed by atoms with Crippen molar-refractivity contribution in [3.8, 4) is 39.6 Å². The third kappa shape index (κ3) is 6.98. The Bertz CT molecular complexity index is 3660. The first-order valence-corrected chi connectivity index (χ1v) is 23.5. The highest BCUT2D eigenvalue weighted by molar-refractivity contribution is 6.24. The zero-order chi connectivity index (χ0) is 46.3. The van der Waals surface area contributed by atoms with Gasteiger partial charge in [0.15, 0.2) is 5.58 Å². The number of benzene rings is 8. The molecule has 11 aromatic rings. The molecule has 6 nitrogen and oxygen atoms in total. The molecule has 8 aromatic carbocycles. The van der Waals surface area contributed by atoms with Crippen molar-refractivity contribution < 1.29 is 9.15 Å². The molecule has 332 valence electrons. The summed E-state index contributed by atoms with van der Waals surface area (Å²) in [6, 6.07) is 67.1. The quantitative estimate of drug-likeness (QED) is 0.160. The van der Waals surface area contributed by atoms with Crippen LogP contribution in [0.25, 0.3) is 71.8 Å². The molecule has 0 spiro atoms. The number of pyridine rings is 1. The van der Waals surface area contributed by atoms with Gasteiger partial charge in [0.2, 0.25) is 0 Å². The van der Waals surface area contributed by atoms with Crippen LogP contribution in [0, 0.1) is 0 Å². The van der Waals surface area contributed by atoms with Crippen LogP contribution < -0.4 is 14.5 Å². The van der Waals surface area contributed by atoms with Crippen LogP contribution in [-0.4, -0.2) is 16.2 Å². The zero-order valence-corrected chi connectivity index (χ0v) is 39.3. The second-order valence-electron chi connectivity index (χ2n) is 20.1. The summed E-state index contributed by atoms with van der Waals surface area (Å²) in [7, 11) is 0. The molecule has 4 heterocycles. The van der Waals surface area contributed by atoms with E-state index in [0.717, 1.165) is 78.1 Å². The van der Waals surface area contributed by atoms with Crippen LogP contribution in [0.1, 0.15) is 52.7 Å². The SMILES string of the molecule is CC(C)(C)c1ccnc(-n2c3cc(Oc4cccc(N5CN(c6c(-c7ccccc7)cc(C(C)(C)C)cc6-c6ccccc6)c6ccccc65)c4)ccc3c3oc4ccc5ccccc5c4c32)c1. The molecule has 1 aliphatic rings. The maximum absolute atomic E-state index is 6.88. The number of aromatic nitrogens is 2. The Morgan fingerprint density at radius 1 is 0.529 bits per heavy atom. The number of fused-ring (bicyclic) bond motifs is 8. The van der Waals surface area contributed by atoms with Crippen molar-refractivity contribution in [1.82, 2.24) is 9.55 Å². The molecule has 1 aliphatic heterocycles. The van der Waals surface area contributed by atoms with E-state index >= 15 is 0 Å². The first-order valence-electron chi connectivity index (χ1n) is 23.5. The molecule has 0 saturated carbocycles. The fourth-order valence-electron chi connectivity index (χ4n) is 10.1. The summed E-state index contributed by atoms with van der Waals surface area (Å²) < 4.78 is 15.9. The van der Waals surface area contributed by atoms with Crippen molar-refractivity contribution in [2.75, 3.05) is 16.5 Å². The van der Waals surface area contributed by atoms with Crippen LogP contribution in [0.15, 0.2) is 199 Å². The minimum absolute atomic E-state index is 0.0585. The van der Waals surface area contributed by atoms with E-state index < -0.39 is 0 Å². The van der Waals surface area contributed by atoms with E-state index in [0.29, 0.717) is 6.67 Å². The highest BCUT2D eigenvalue weighted by Crippen LogP contribution is 2.52. The van der Waals surface area contributed by atoms with Crippen molar-refractivity contribution in [1.29, 1.82) is 0 Å². The summed E-state index contributed by atoms with van der Waals surface area (Å²) in [5.74, 6) is 2.30. The van der Waals surface area contributed by atoms with Gasteiger partial charge in [0.25, 0.3) is 0 Å². The van der Waals surface area contributed by atoms with Gasteiger partial charge < -0.3 is 19.0 Å². The Morgan fingerprint density at radius 2 is 1.18 bits per heavy atom. The Morgan fingerprint density at radius 3 is 1.88 bits per heavy atom. The Kier molecular flexibility index (Phi) is 9.59. The fourth-order valence-corrected chi connectivity index (χ4v) is 10.1. The number of para-hydroxylation sites is 2. The molecule has 0 atom stereocenters. The standard InChI is InChI=1S/C62H52N4O2/c1-61(2,3)43-32-33-63-56(36-43)66-54-38-47(29-30-49(54)60-59(66)57-48-25-14-13-22-42(48)28-31-55(57)68-60)67-46-24-17-23-45(37-46)64-39-65(53-27-16-15-26-52(53)64)58-50(40-18-9-7-10-19-40)34-44(62(4,5)6)35-51(58)41-20-11-8-12-21-41/h7-38H,39H2,1-6H3. The summed E-state index contributed by atoms with van der Waals surface area (Å²) in [6.07, 6.45) is 1.92. The third-order valence-electron chi connectivity index (χ3n) is 13.6. The monoisotopic (exact) mass is 884 g/mol. The summed E-state index contributed by atoms with van der Waals surface area (Å²) in [5.41, 5.74) is 15.3. The first-order chi connectivity index (χ1) is 33.0. The molecular formula is C62H52N4O2. The number of ether oxygens (including phenoxy) is 1. The number of rotatable bonds is 7. The van der Waals surface area contributed by atoms with E-state index in [1.54, 1.807) is 0 Å². The van der Waals surface area contributed by atoms with Crippen LogP contribution in [0.3, 0.4) is 0 Å². The lowest BCUT2D eigenvalue weighted by Gasteiger charge is -2.30. The average molecular weight is 885 g/mol. The maximum Gasteiger partial charge on any atom is 0.161 e. The second kappa shape index (κ2) is 15.8. The molecular weight excluding hydrogens is 833 g/mol. The maximum atomic E-state index is 6.88. The molecule has 0 saturated heterocycles. The van der Waals surface area contributed by atoms with Crippen molar-refractivity contribution in [2.24, 2.45) is 0 Å². The van der Waals surface area contributed by atoms with Crippen molar-refractivity contribution >= 4 is 66.5 Å². The van der Waals surface area contributed by atoms with Gasteiger partial charge in [0.05, 0.1) is 28.0 Å². The van der Waals surface area contributed by atoms with Gasteiger partial charge in [0, 0.05) is 40.5 Å². The molecule has 6 heteroatoms. The lowest BCUT2D eigenvalue weighted by molar-refractivity contribution is 0.483. The highest BCUT2D eigenvalue weighted by Gasteiger charge is 2.33. The van der Waals surface area contributed by atoms with Gasteiger partial charge in [-0.25, -0.2) is 4.98 Å². The van der Waals surface area contributed by atoms with Gasteiger partial charge in [-0.3, -0.25) is 4.57 Å². The third-order valence-corrected chi connectivity index (χ3v) is 13.6.